The monoisotopic (exact) mass is 419 g/mol. The molecule has 0 atom stereocenters. The van der Waals surface area contributed by atoms with Crippen molar-refractivity contribution >= 4 is 44.6 Å². The van der Waals surface area contributed by atoms with Crippen molar-refractivity contribution in [2.45, 2.75) is 11.8 Å². The molecule has 0 bridgehead atoms. The number of rotatable bonds is 4. The average molecular weight is 419 g/mol. The van der Waals surface area contributed by atoms with Gasteiger partial charge in [0.05, 0.1) is 14.7 Å². The molecule has 0 unspecified atom stereocenters. The number of nitrogens with zero attached hydrogens (tertiary/aromatic N) is 2. The highest BCUT2D eigenvalue weighted by Crippen LogP contribution is 2.31. The molecule has 28 heavy (non-hydrogen) atoms. The molecule has 1 amide bonds. The van der Waals surface area contributed by atoms with Gasteiger partial charge in [-0.25, -0.2) is 0 Å². The zero-order valence-corrected chi connectivity index (χ0v) is 16.0. The topological polar surface area (TPSA) is 139 Å². The molecule has 0 aromatic heterocycles. The summed E-state index contributed by atoms with van der Waals surface area (Å²) < 4.78 is 28.3. The molecule has 2 N–H and O–H groups in total. The van der Waals surface area contributed by atoms with Crippen molar-refractivity contribution < 1.29 is 23.2 Å². The molecular weight excluding hydrogens is 406 g/mol. The number of nitrogens with one attached hydrogen (secondary N) is 1. The van der Waals surface area contributed by atoms with Gasteiger partial charge in [0.2, 0.25) is 0 Å². The number of benzene rings is 2. The number of aryl methyl sites for hydroxylation is 1. The van der Waals surface area contributed by atoms with E-state index in [0.717, 1.165) is 35.5 Å². The third-order valence-corrected chi connectivity index (χ3v) is 6.00. The van der Waals surface area contributed by atoms with Gasteiger partial charge >= 0.3 is 0 Å². The first-order chi connectivity index (χ1) is 13.2. The summed E-state index contributed by atoms with van der Waals surface area (Å²) in [5.74, 6) is -0.891. The maximum Gasteiger partial charge on any atom is 0.284 e. The van der Waals surface area contributed by atoms with Crippen LogP contribution in [0.5, 0.6) is 5.75 Å². The molecule has 0 radical (unpaired) electrons. The molecule has 2 aromatic rings. The first kappa shape index (κ1) is 19.6. The molecule has 11 heteroatoms. The summed E-state index contributed by atoms with van der Waals surface area (Å²) >= 11 is 0.752. The van der Waals surface area contributed by atoms with E-state index in [0.29, 0.717) is 0 Å². The molecule has 0 aliphatic carbocycles. The fourth-order valence-corrected chi connectivity index (χ4v) is 4.23. The zero-order valence-electron chi connectivity index (χ0n) is 14.3. The highest BCUT2D eigenvalue weighted by Gasteiger charge is 2.27. The molecule has 1 saturated heterocycles. The number of hydrogen-bond donors (Lipinski definition) is 2. The number of aromatic hydroxyl groups is 1. The van der Waals surface area contributed by atoms with Gasteiger partial charge in [-0.2, -0.15) is 8.42 Å². The van der Waals surface area contributed by atoms with Gasteiger partial charge in [0.25, 0.3) is 21.6 Å². The minimum Gasteiger partial charge on any atom is -0.507 e. The van der Waals surface area contributed by atoms with Crippen LogP contribution in [0.3, 0.4) is 0 Å². The smallest absolute Gasteiger partial charge is 0.284 e. The van der Waals surface area contributed by atoms with Crippen LogP contribution < -0.4 is 5.32 Å². The summed E-state index contributed by atoms with van der Waals surface area (Å²) in [5.41, 5.74) is 0.676. The lowest BCUT2D eigenvalue weighted by Gasteiger charge is -2.00. The maximum atomic E-state index is 12.4. The molecule has 9 nitrogen and oxygen atoms in total. The Morgan fingerprint density at radius 1 is 1.21 bits per heavy atom. The summed E-state index contributed by atoms with van der Waals surface area (Å²) in [6.45, 7) is 1.82. The van der Waals surface area contributed by atoms with Crippen LogP contribution in [0.2, 0.25) is 0 Å². The Morgan fingerprint density at radius 3 is 2.54 bits per heavy atom. The van der Waals surface area contributed by atoms with Crippen LogP contribution in [0.1, 0.15) is 11.1 Å². The number of amides is 1. The number of nitro groups is 1. The number of hydrogen-bond acceptors (Lipinski definition) is 7. The van der Waals surface area contributed by atoms with Gasteiger partial charge in [-0.05, 0) is 43.0 Å². The molecule has 144 valence electrons. The van der Waals surface area contributed by atoms with E-state index in [1.165, 1.54) is 18.2 Å². The van der Waals surface area contributed by atoms with Crippen LogP contribution in [-0.4, -0.2) is 29.5 Å². The van der Waals surface area contributed by atoms with Crippen molar-refractivity contribution in [2.75, 3.05) is 0 Å². The van der Waals surface area contributed by atoms with E-state index in [4.69, 9.17) is 0 Å². The summed E-state index contributed by atoms with van der Waals surface area (Å²) in [7, 11) is -4.02. The zero-order chi connectivity index (χ0) is 20.5. The van der Waals surface area contributed by atoms with Crippen LogP contribution in [0, 0.1) is 17.0 Å². The summed E-state index contributed by atoms with van der Waals surface area (Å²) in [6.07, 6.45) is 1.23. The van der Waals surface area contributed by atoms with Crippen molar-refractivity contribution in [1.29, 1.82) is 0 Å². The van der Waals surface area contributed by atoms with Gasteiger partial charge in [-0.1, -0.05) is 17.7 Å². The van der Waals surface area contributed by atoms with Crippen LogP contribution in [-0.2, 0) is 14.8 Å². The van der Waals surface area contributed by atoms with Gasteiger partial charge in [-0.3, -0.25) is 20.2 Å². The van der Waals surface area contributed by atoms with Gasteiger partial charge in [-0.15, -0.1) is 4.40 Å². The third-order valence-electron chi connectivity index (χ3n) is 3.68. The van der Waals surface area contributed by atoms with E-state index in [2.05, 4.69) is 9.71 Å². The predicted molar refractivity (Wildman–Crippen MR) is 104 cm³/mol. The molecule has 1 heterocycles. The van der Waals surface area contributed by atoms with Gasteiger partial charge in [0, 0.05) is 17.7 Å². The van der Waals surface area contributed by atoms with E-state index in [1.54, 1.807) is 12.1 Å². The van der Waals surface area contributed by atoms with Crippen LogP contribution in [0.4, 0.5) is 5.69 Å². The van der Waals surface area contributed by atoms with E-state index >= 15 is 0 Å². The van der Waals surface area contributed by atoms with Crippen LogP contribution in [0.25, 0.3) is 6.08 Å². The lowest BCUT2D eigenvalue weighted by atomic mass is 10.1. The Balaban J connectivity index is 1.90. The summed E-state index contributed by atoms with van der Waals surface area (Å²) in [6, 6.07) is 9.45. The second-order valence-corrected chi connectivity index (χ2v) is 8.38. The number of sulfonamides is 1. The second kappa shape index (κ2) is 7.44. The lowest BCUT2D eigenvalue weighted by molar-refractivity contribution is -0.384. The number of phenolic OH excluding ortho intramolecular Hbond substituents is 1. The fraction of sp³-hybridized carbons (Fsp3) is 0.0588. The Bertz CT molecular complexity index is 1140. The minimum atomic E-state index is -4.02. The Kier molecular flexibility index (Phi) is 5.21. The number of amidine groups is 1. The van der Waals surface area contributed by atoms with Gasteiger partial charge < -0.3 is 5.11 Å². The number of carbonyl (C=O) groups is 1. The summed E-state index contributed by atoms with van der Waals surface area (Å²) in [4.78, 5) is 22.3. The Hall–Kier alpha value is -3.18. The van der Waals surface area contributed by atoms with E-state index in [1.807, 2.05) is 6.92 Å². The highest BCUT2D eigenvalue weighted by atomic mass is 32.2. The highest BCUT2D eigenvalue weighted by molar-refractivity contribution is 8.19. The first-order valence-electron chi connectivity index (χ1n) is 7.76. The average Bonchev–Trinajstić information content (AvgIpc) is 2.95. The van der Waals surface area contributed by atoms with E-state index in [9.17, 15) is 28.4 Å². The lowest BCUT2D eigenvalue weighted by Crippen LogP contribution is -2.20. The van der Waals surface area contributed by atoms with Crippen molar-refractivity contribution in [2.24, 2.45) is 4.40 Å². The second-order valence-electron chi connectivity index (χ2n) is 5.75. The number of thioether (sulfide) groups is 1. The Labute approximate surface area is 164 Å². The molecule has 2 aromatic carbocycles. The molecule has 0 saturated carbocycles. The quantitative estimate of drug-likeness (QED) is 0.441. The molecule has 1 aliphatic heterocycles. The minimum absolute atomic E-state index is 0.0193. The standard InChI is InChI=1S/C17H13N3O6S2/c1-10-2-5-13(6-3-10)28(25,26)19-17-18-16(22)15(27-17)9-11-8-12(20(23)24)4-7-14(11)21/h2-9,21H,1H3,(H,18,19,22). The number of phenols is 1. The third kappa shape index (κ3) is 4.21. The SMILES string of the molecule is Cc1ccc(S(=O)(=O)N=C2NC(=O)C(=Cc3cc([N+](=O)[O-])ccc3O)S2)cc1. The molecular formula is C17H13N3O6S2. The molecule has 1 aliphatic rings. The molecule has 0 spiro atoms. The van der Waals surface area contributed by atoms with Crippen LogP contribution in [0.15, 0.2) is 56.7 Å². The van der Waals surface area contributed by atoms with Crippen molar-refractivity contribution in [1.82, 2.24) is 5.32 Å². The van der Waals surface area contributed by atoms with Crippen molar-refractivity contribution in [3.63, 3.8) is 0 Å². The molecule has 1 fully saturated rings. The fourth-order valence-electron chi connectivity index (χ4n) is 2.26. The number of carbonyl (C=O) groups excluding carboxylic acids is 1. The maximum absolute atomic E-state index is 12.4. The Morgan fingerprint density at radius 2 is 1.89 bits per heavy atom. The normalized spacial score (nSPS) is 17.1. The van der Waals surface area contributed by atoms with Crippen molar-refractivity contribution in [3.8, 4) is 5.75 Å². The predicted octanol–water partition coefficient (Wildman–Crippen LogP) is 2.56. The van der Waals surface area contributed by atoms with E-state index in [-0.39, 0.29) is 32.0 Å². The largest absolute Gasteiger partial charge is 0.507 e. The van der Waals surface area contributed by atoms with Gasteiger partial charge in [0.1, 0.15) is 5.75 Å². The van der Waals surface area contributed by atoms with Crippen molar-refractivity contribution in [3.05, 3.63) is 68.6 Å². The number of non-ortho nitro benzene ring substituents is 1. The summed E-state index contributed by atoms with van der Waals surface area (Å²) in [5, 5.41) is 22.9. The molecule has 3 rings (SSSR count). The van der Waals surface area contributed by atoms with E-state index < -0.39 is 20.9 Å². The first-order valence-corrected chi connectivity index (χ1v) is 10.0. The number of nitro benzene ring substituents is 1. The van der Waals surface area contributed by atoms with Crippen LogP contribution >= 0.6 is 11.8 Å². The van der Waals surface area contributed by atoms with Gasteiger partial charge in [0.15, 0.2) is 5.17 Å².